The molecule has 2 aromatic rings. The number of thiophene rings is 1. The van der Waals surface area contributed by atoms with Gasteiger partial charge < -0.3 is 5.73 Å². The number of anilines is 1. The molecule has 160 valence electrons. The highest BCUT2D eigenvalue weighted by Crippen LogP contribution is 2.49. The fourth-order valence-corrected chi connectivity index (χ4v) is 5.75. The van der Waals surface area contributed by atoms with Crippen LogP contribution in [0, 0.1) is 11.3 Å². The minimum absolute atomic E-state index is 0.00486. The van der Waals surface area contributed by atoms with Crippen molar-refractivity contribution >= 4 is 50.3 Å². The third-order valence-electron chi connectivity index (χ3n) is 5.30. The van der Waals surface area contributed by atoms with Gasteiger partial charge in [0.1, 0.15) is 5.82 Å². The Morgan fingerprint density at radius 3 is 2.65 bits per heavy atom. The molecule has 0 unspecified atom stereocenters. The van der Waals surface area contributed by atoms with E-state index in [4.69, 9.17) is 17.3 Å². The van der Waals surface area contributed by atoms with Crippen LogP contribution in [-0.4, -0.2) is 5.78 Å². The molecule has 0 bridgehead atoms. The molecule has 1 aliphatic heterocycles. The number of hydrogen-bond acceptors (Lipinski definition) is 5. The first kappa shape index (κ1) is 21.9. The lowest BCUT2D eigenvalue weighted by molar-refractivity contribution is -0.137. The van der Waals surface area contributed by atoms with E-state index in [0.29, 0.717) is 30.5 Å². The molecule has 2 heterocycles. The van der Waals surface area contributed by atoms with Gasteiger partial charge in [-0.15, -0.1) is 11.3 Å². The van der Waals surface area contributed by atoms with Crippen molar-refractivity contribution in [3.8, 4) is 6.07 Å². The highest BCUT2D eigenvalue weighted by Gasteiger charge is 2.42. The maximum Gasteiger partial charge on any atom is 0.416 e. The van der Waals surface area contributed by atoms with Crippen LogP contribution in [0.4, 0.5) is 18.9 Å². The van der Waals surface area contributed by atoms with Gasteiger partial charge >= 0.3 is 6.18 Å². The summed E-state index contributed by atoms with van der Waals surface area (Å²) in [4.78, 5) is 15.1. The lowest BCUT2D eigenvalue weighted by Crippen LogP contribution is -2.38. The molecule has 1 aromatic heterocycles. The molecular weight excluding hydrogens is 515 g/mol. The summed E-state index contributed by atoms with van der Waals surface area (Å²) in [7, 11) is 0. The highest BCUT2D eigenvalue weighted by molar-refractivity contribution is 9.10. The van der Waals surface area contributed by atoms with Crippen LogP contribution in [0.15, 0.2) is 56.8 Å². The first-order valence-corrected chi connectivity index (χ1v) is 11.2. The largest absolute Gasteiger partial charge is 0.416 e. The summed E-state index contributed by atoms with van der Waals surface area (Å²) in [5, 5.41) is 11.8. The van der Waals surface area contributed by atoms with Crippen molar-refractivity contribution in [2.75, 3.05) is 4.90 Å². The predicted octanol–water partition coefficient (Wildman–Crippen LogP) is 6.49. The first-order chi connectivity index (χ1) is 14.6. The van der Waals surface area contributed by atoms with E-state index in [1.54, 1.807) is 0 Å². The standard InChI is InChI=1S/C21H14BrClF3N3OS/c22-11-7-17(31-9-11)18-12(8-27)20(28)29(14-2-1-3-16(30)19(14)18)15-6-10(21(24,25)26)4-5-13(15)23/h4-7,9,18H,1-3,28H2/t18-/m1/s1. The van der Waals surface area contributed by atoms with Crippen LogP contribution in [0.3, 0.4) is 0 Å². The zero-order valence-electron chi connectivity index (χ0n) is 15.8. The fourth-order valence-electron chi connectivity index (χ4n) is 3.99. The molecule has 4 rings (SSSR count). The molecular formula is C21H14BrClF3N3OS. The molecule has 0 spiro atoms. The second kappa shape index (κ2) is 8.01. The van der Waals surface area contributed by atoms with E-state index in [9.17, 15) is 23.2 Å². The number of carbonyl (C=O) groups is 1. The number of ketones is 1. The summed E-state index contributed by atoms with van der Waals surface area (Å²) in [6.45, 7) is 0. The van der Waals surface area contributed by atoms with E-state index >= 15 is 0 Å². The summed E-state index contributed by atoms with van der Waals surface area (Å²) in [6.07, 6.45) is -3.33. The number of Topliss-reactive ketones (excluding diaryl/α,β-unsaturated/α-hetero) is 1. The smallest absolute Gasteiger partial charge is 0.384 e. The molecule has 4 nitrogen and oxygen atoms in total. The van der Waals surface area contributed by atoms with Crippen LogP contribution < -0.4 is 10.6 Å². The molecule has 2 N–H and O–H groups in total. The molecule has 31 heavy (non-hydrogen) atoms. The SMILES string of the molecule is N#CC1=C(N)N(c2cc(C(F)(F)F)ccc2Cl)C2=C(C(=O)CCC2)[C@H]1c1cc(Br)cs1. The fraction of sp³-hybridized carbons (Fsp3) is 0.238. The monoisotopic (exact) mass is 527 g/mol. The summed E-state index contributed by atoms with van der Waals surface area (Å²) in [5.41, 5.74) is 6.46. The zero-order valence-corrected chi connectivity index (χ0v) is 18.9. The van der Waals surface area contributed by atoms with E-state index in [0.717, 1.165) is 27.5 Å². The Hall–Kier alpha value is -2.28. The van der Waals surface area contributed by atoms with Gasteiger partial charge in [-0.05, 0) is 53.0 Å². The Balaban J connectivity index is 1.99. The zero-order chi connectivity index (χ0) is 22.5. The van der Waals surface area contributed by atoms with Crippen molar-refractivity contribution in [3.05, 3.63) is 72.2 Å². The van der Waals surface area contributed by atoms with Gasteiger partial charge in [0.25, 0.3) is 0 Å². The van der Waals surface area contributed by atoms with Crippen molar-refractivity contribution in [2.24, 2.45) is 5.73 Å². The molecule has 10 heteroatoms. The van der Waals surface area contributed by atoms with Crippen LogP contribution in [0.2, 0.25) is 5.02 Å². The van der Waals surface area contributed by atoms with Crippen LogP contribution in [0.25, 0.3) is 0 Å². The van der Waals surface area contributed by atoms with Crippen LogP contribution >= 0.6 is 38.9 Å². The van der Waals surface area contributed by atoms with Gasteiger partial charge in [0.05, 0.1) is 33.8 Å². The van der Waals surface area contributed by atoms with Crippen LogP contribution in [0.1, 0.15) is 35.6 Å². The van der Waals surface area contributed by atoms with Crippen molar-refractivity contribution in [3.63, 3.8) is 0 Å². The number of rotatable bonds is 2. The molecule has 0 amide bonds. The van der Waals surface area contributed by atoms with E-state index in [2.05, 4.69) is 22.0 Å². The summed E-state index contributed by atoms with van der Waals surface area (Å²) in [5.74, 6) is -0.833. The van der Waals surface area contributed by atoms with E-state index in [-0.39, 0.29) is 27.9 Å². The third kappa shape index (κ3) is 3.77. The number of hydrogen-bond donors (Lipinski definition) is 1. The van der Waals surface area contributed by atoms with Crippen molar-refractivity contribution < 1.29 is 18.0 Å². The number of nitrogens with two attached hydrogens (primary N) is 1. The Morgan fingerprint density at radius 2 is 2.03 bits per heavy atom. The molecule has 1 atom stereocenters. The topological polar surface area (TPSA) is 70.1 Å². The van der Waals surface area contributed by atoms with E-state index < -0.39 is 17.7 Å². The Morgan fingerprint density at radius 1 is 1.29 bits per heavy atom. The number of halogens is 5. The molecule has 0 saturated heterocycles. The number of nitrogens with zero attached hydrogens (tertiary/aromatic N) is 2. The van der Waals surface area contributed by atoms with Gasteiger partial charge in [-0.2, -0.15) is 18.4 Å². The Labute approximate surface area is 193 Å². The molecule has 0 fully saturated rings. The molecule has 0 saturated carbocycles. The summed E-state index contributed by atoms with van der Waals surface area (Å²) in [6, 6.07) is 6.83. The first-order valence-electron chi connectivity index (χ1n) is 9.20. The number of alkyl halides is 3. The molecule has 1 aliphatic carbocycles. The van der Waals surface area contributed by atoms with Gasteiger partial charge in [0.2, 0.25) is 0 Å². The summed E-state index contributed by atoms with van der Waals surface area (Å²) < 4.78 is 40.9. The normalized spacial score (nSPS) is 19.5. The minimum Gasteiger partial charge on any atom is -0.384 e. The minimum atomic E-state index is -4.59. The lowest BCUT2D eigenvalue weighted by atomic mass is 9.78. The van der Waals surface area contributed by atoms with Crippen LogP contribution in [-0.2, 0) is 11.0 Å². The van der Waals surface area contributed by atoms with Gasteiger partial charge in [-0.1, -0.05) is 11.6 Å². The van der Waals surface area contributed by atoms with Crippen LogP contribution in [0.5, 0.6) is 0 Å². The highest BCUT2D eigenvalue weighted by atomic mass is 79.9. The lowest BCUT2D eigenvalue weighted by Gasteiger charge is -2.39. The number of benzene rings is 1. The van der Waals surface area contributed by atoms with E-state index in [1.165, 1.54) is 16.2 Å². The summed E-state index contributed by atoms with van der Waals surface area (Å²) >= 11 is 11.0. The number of allylic oxidation sites excluding steroid dienone is 3. The van der Waals surface area contributed by atoms with Crippen molar-refractivity contribution in [1.29, 1.82) is 5.26 Å². The Bertz CT molecular complexity index is 1200. The maximum absolute atomic E-state index is 13.4. The Kier molecular flexibility index (Phi) is 5.66. The maximum atomic E-state index is 13.4. The second-order valence-electron chi connectivity index (χ2n) is 7.15. The quantitative estimate of drug-likeness (QED) is 0.484. The van der Waals surface area contributed by atoms with Gasteiger partial charge in [0.15, 0.2) is 5.78 Å². The molecule has 1 aromatic carbocycles. The number of carbonyl (C=O) groups excluding carboxylic acids is 1. The van der Waals surface area contributed by atoms with Crippen molar-refractivity contribution in [1.82, 2.24) is 0 Å². The molecule has 2 aliphatic rings. The number of nitriles is 1. The van der Waals surface area contributed by atoms with Gasteiger partial charge in [-0.25, -0.2) is 0 Å². The average Bonchev–Trinajstić information content (AvgIpc) is 3.13. The third-order valence-corrected chi connectivity index (χ3v) is 7.38. The predicted molar refractivity (Wildman–Crippen MR) is 116 cm³/mol. The second-order valence-corrected chi connectivity index (χ2v) is 9.41. The van der Waals surface area contributed by atoms with E-state index in [1.807, 2.05) is 11.4 Å². The molecule has 0 radical (unpaired) electrons. The van der Waals surface area contributed by atoms with Gasteiger partial charge in [-0.3, -0.25) is 9.69 Å². The van der Waals surface area contributed by atoms with Crippen molar-refractivity contribution in [2.45, 2.75) is 31.4 Å². The van der Waals surface area contributed by atoms with Gasteiger partial charge in [0, 0.05) is 32.4 Å². The average molecular weight is 529 g/mol.